The van der Waals surface area contributed by atoms with E-state index in [1.165, 1.54) is 0 Å². The largest absolute Gasteiger partial charge is 0.370 e. The summed E-state index contributed by atoms with van der Waals surface area (Å²) in [6.45, 7) is 2.33. The molecule has 0 radical (unpaired) electrons. The number of hydrogen-bond acceptors (Lipinski definition) is 3. The Morgan fingerprint density at radius 3 is 2.83 bits per heavy atom. The summed E-state index contributed by atoms with van der Waals surface area (Å²) in [6, 6.07) is 17.9. The van der Waals surface area contributed by atoms with E-state index in [0.717, 1.165) is 28.7 Å². The normalized spacial score (nSPS) is 16.6. The third kappa shape index (κ3) is 3.67. The van der Waals surface area contributed by atoms with E-state index in [1.807, 2.05) is 53.4 Å². The van der Waals surface area contributed by atoms with Gasteiger partial charge in [-0.05, 0) is 42.0 Å². The van der Waals surface area contributed by atoms with Crippen molar-refractivity contribution in [2.75, 3.05) is 6.54 Å². The van der Waals surface area contributed by atoms with Crippen molar-refractivity contribution in [3.63, 3.8) is 0 Å². The number of fused-ring (bicyclic) bond motifs is 2. The summed E-state index contributed by atoms with van der Waals surface area (Å²) in [5.74, 6) is -0.00615. The van der Waals surface area contributed by atoms with Crippen molar-refractivity contribution in [3.8, 4) is 0 Å². The number of hydrogen-bond donors (Lipinski definition) is 1. The van der Waals surface area contributed by atoms with Gasteiger partial charge in [-0.15, -0.1) is 0 Å². The van der Waals surface area contributed by atoms with E-state index in [0.29, 0.717) is 25.4 Å². The highest BCUT2D eigenvalue weighted by Crippen LogP contribution is 2.21. The Hall–Kier alpha value is -3.38. The van der Waals surface area contributed by atoms with Gasteiger partial charge in [0.05, 0.1) is 25.8 Å². The Morgan fingerprint density at radius 1 is 1.10 bits per heavy atom. The van der Waals surface area contributed by atoms with E-state index >= 15 is 0 Å². The van der Waals surface area contributed by atoms with Crippen molar-refractivity contribution in [1.82, 2.24) is 19.4 Å². The number of benzene rings is 1. The zero-order valence-corrected chi connectivity index (χ0v) is 16.0. The molecule has 1 aliphatic rings. The van der Waals surface area contributed by atoms with Crippen LogP contribution in [0.25, 0.3) is 10.9 Å². The van der Waals surface area contributed by atoms with Crippen LogP contribution in [0.3, 0.4) is 0 Å². The standard InChI is InChI=1S/C23H22N4O2/c28-23(22-12-18-4-1-2-6-21(18)25-22)27-13-19-5-3-11-26(19)14-20(15-27)29-16-17-7-9-24-10-8-17/h1-12,20,25H,13-16H2/t20-/m0/s1. The molecule has 1 aliphatic heterocycles. The molecule has 5 rings (SSSR count). The highest BCUT2D eigenvalue weighted by atomic mass is 16.5. The molecule has 0 aliphatic carbocycles. The Balaban J connectivity index is 1.38. The summed E-state index contributed by atoms with van der Waals surface area (Å²) in [5, 5.41) is 1.04. The molecule has 4 aromatic rings. The van der Waals surface area contributed by atoms with Crippen LogP contribution in [-0.4, -0.2) is 38.0 Å². The summed E-state index contributed by atoms with van der Waals surface area (Å²) >= 11 is 0. The zero-order chi connectivity index (χ0) is 19.6. The fourth-order valence-corrected chi connectivity index (χ4v) is 3.87. The summed E-state index contributed by atoms with van der Waals surface area (Å²) < 4.78 is 8.37. The van der Waals surface area contributed by atoms with Crippen LogP contribution in [0.4, 0.5) is 0 Å². The van der Waals surface area contributed by atoms with Gasteiger partial charge in [-0.3, -0.25) is 9.78 Å². The van der Waals surface area contributed by atoms with Crippen LogP contribution in [0, 0.1) is 0 Å². The predicted molar refractivity (Wildman–Crippen MR) is 110 cm³/mol. The number of carbonyl (C=O) groups is 1. The maximum absolute atomic E-state index is 13.3. The maximum Gasteiger partial charge on any atom is 0.270 e. The molecule has 1 amide bonds. The number of rotatable bonds is 4. The van der Waals surface area contributed by atoms with Gasteiger partial charge in [-0.2, -0.15) is 0 Å². The molecule has 6 heteroatoms. The van der Waals surface area contributed by atoms with Crippen molar-refractivity contribution in [2.24, 2.45) is 0 Å². The Bertz CT molecular complexity index is 1100. The molecule has 0 bridgehead atoms. The van der Waals surface area contributed by atoms with Crippen LogP contribution in [-0.2, 0) is 24.4 Å². The van der Waals surface area contributed by atoms with Crippen LogP contribution in [0.15, 0.2) is 73.2 Å². The number of para-hydroxylation sites is 1. The summed E-state index contributed by atoms with van der Waals surface area (Å²) in [6.07, 6.45) is 5.49. The average molecular weight is 386 g/mol. The van der Waals surface area contributed by atoms with Gasteiger partial charge in [0.1, 0.15) is 5.69 Å². The Labute approximate surface area is 168 Å². The first-order valence-electron chi connectivity index (χ1n) is 9.78. The molecule has 1 aromatic carbocycles. The van der Waals surface area contributed by atoms with E-state index < -0.39 is 0 Å². The third-order valence-corrected chi connectivity index (χ3v) is 5.38. The van der Waals surface area contributed by atoms with Crippen LogP contribution in [0.5, 0.6) is 0 Å². The topological polar surface area (TPSA) is 63.2 Å². The lowest BCUT2D eigenvalue weighted by Crippen LogP contribution is -2.37. The molecule has 29 heavy (non-hydrogen) atoms. The van der Waals surface area contributed by atoms with E-state index in [2.05, 4.69) is 26.8 Å². The van der Waals surface area contributed by atoms with Gasteiger partial charge in [0.15, 0.2) is 0 Å². The van der Waals surface area contributed by atoms with Crippen molar-refractivity contribution in [3.05, 3.63) is 90.1 Å². The molecule has 4 heterocycles. The number of aromatic amines is 1. The predicted octanol–water partition coefficient (Wildman–Crippen LogP) is 3.61. The van der Waals surface area contributed by atoms with Crippen LogP contribution < -0.4 is 0 Å². The molecule has 0 unspecified atom stereocenters. The minimum Gasteiger partial charge on any atom is -0.370 e. The molecule has 0 saturated carbocycles. The van der Waals surface area contributed by atoms with E-state index in [1.54, 1.807) is 12.4 Å². The molecule has 0 spiro atoms. The molecular formula is C23H22N4O2. The minimum absolute atomic E-state index is 0.00615. The van der Waals surface area contributed by atoms with E-state index in [-0.39, 0.29) is 12.0 Å². The number of H-pyrrole nitrogens is 1. The average Bonchev–Trinajstić information content (AvgIpc) is 3.34. The number of aromatic nitrogens is 3. The molecule has 0 saturated heterocycles. The summed E-state index contributed by atoms with van der Waals surface area (Å²) in [4.78, 5) is 22.5. The first-order chi connectivity index (χ1) is 14.3. The lowest BCUT2D eigenvalue weighted by atomic mass is 10.2. The summed E-state index contributed by atoms with van der Waals surface area (Å²) in [7, 11) is 0. The lowest BCUT2D eigenvalue weighted by molar-refractivity contribution is 0.0104. The number of nitrogens with one attached hydrogen (secondary N) is 1. The van der Waals surface area contributed by atoms with Crippen molar-refractivity contribution in [2.45, 2.75) is 25.8 Å². The van der Waals surface area contributed by atoms with E-state index in [4.69, 9.17) is 4.74 Å². The number of amides is 1. The second kappa shape index (κ2) is 7.56. The van der Waals surface area contributed by atoms with Gasteiger partial charge in [0.25, 0.3) is 5.91 Å². The monoisotopic (exact) mass is 386 g/mol. The quantitative estimate of drug-likeness (QED) is 0.583. The smallest absolute Gasteiger partial charge is 0.270 e. The second-order valence-corrected chi connectivity index (χ2v) is 7.40. The molecule has 1 N–H and O–H groups in total. The first kappa shape index (κ1) is 17.7. The maximum atomic E-state index is 13.3. The minimum atomic E-state index is -0.0925. The Kier molecular flexibility index (Phi) is 4.62. The Morgan fingerprint density at radius 2 is 1.97 bits per heavy atom. The van der Waals surface area contributed by atoms with Gasteiger partial charge >= 0.3 is 0 Å². The van der Waals surface area contributed by atoms with Crippen LogP contribution in [0.1, 0.15) is 21.7 Å². The third-order valence-electron chi connectivity index (χ3n) is 5.38. The van der Waals surface area contributed by atoms with Gasteiger partial charge in [-0.1, -0.05) is 18.2 Å². The zero-order valence-electron chi connectivity index (χ0n) is 16.0. The highest BCUT2D eigenvalue weighted by molar-refractivity contribution is 5.98. The number of carbonyl (C=O) groups excluding carboxylic acids is 1. The van der Waals surface area contributed by atoms with E-state index in [9.17, 15) is 4.79 Å². The van der Waals surface area contributed by atoms with Crippen molar-refractivity contribution < 1.29 is 9.53 Å². The first-order valence-corrected chi connectivity index (χ1v) is 9.78. The molecule has 3 aromatic heterocycles. The molecule has 1 atom stereocenters. The lowest BCUT2D eigenvalue weighted by Gasteiger charge is -2.24. The second-order valence-electron chi connectivity index (χ2n) is 7.40. The fraction of sp³-hybridized carbons (Fsp3) is 0.217. The number of ether oxygens (including phenoxy) is 1. The number of nitrogens with zero attached hydrogens (tertiary/aromatic N) is 3. The van der Waals surface area contributed by atoms with Gasteiger partial charge in [0, 0.05) is 41.7 Å². The fourth-order valence-electron chi connectivity index (χ4n) is 3.87. The number of pyridine rings is 1. The van der Waals surface area contributed by atoms with Crippen LogP contribution >= 0.6 is 0 Å². The highest BCUT2D eigenvalue weighted by Gasteiger charge is 2.27. The van der Waals surface area contributed by atoms with Crippen molar-refractivity contribution in [1.29, 1.82) is 0 Å². The summed E-state index contributed by atoms with van der Waals surface area (Å²) in [5.41, 5.74) is 3.77. The van der Waals surface area contributed by atoms with Crippen molar-refractivity contribution >= 4 is 16.8 Å². The SMILES string of the molecule is O=C(c1cc2ccccc2[nH]1)N1Cc2cccn2C[C@H](OCc2ccncc2)C1. The molecule has 6 nitrogen and oxygen atoms in total. The van der Waals surface area contributed by atoms with Gasteiger partial charge in [-0.25, -0.2) is 0 Å². The van der Waals surface area contributed by atoms with Crippen LogP contribution in [0.2, 0.25) is 0 Å². The molecule has 0 fully saturated rings. The molecule has 146 valence electrons. The van der Waals surface area contributed by atoms with Gasteiger partial charge in [0.2, 0.25) is 0 Å². The molecular weight excluding hydrogens is 364 g/mol. The van der Waals surface area contributed by atoms with Gasteiger partial charge < -0.3 is 19.2 Å².